The molecule has 1 saturated carbocycles. The molecule has 2 N–H and O–H groups in total. The molecule has 1 aliphatic rings. The summed E-state index contributed by atoms with van der Waals surface area (Å²) in [5.74, 6) is 0.764. The monoisotopic (exact) mass is 312 g/mol. The van der Waals surface area contributed by atoms with Crippen molar-refractivity contribution in [1.82, 2.24) is 10.0 Å². The Morgan fingerprint density at radius 2 is 2.05 bits per heavy atom. The molecule has 0 bridgehead atoms. The van der Waals surface area contributed by atoms with Gasteiger partial charge in [-0.25, -0.2) is 13.1 Å². The summed E-state index contributed by atoms with van der Waals surface area (Å²) in [5, 5.41) is 3.41. The second-order valence-corrected chi connectivity index (χ2v) is 7.04. The Hall–Kier alpha value is -1.11. The van der Waals surface area contributed by atoms with Crippen LogP contribution in [-0.4, -0.2) is 27.6 Å². The van der Waals surface area contributed by atoms with E-state index in [1.54, 1.807) is 25.1 Å². The molecule has 1 aliphatic carbocycles. The molecule has 0 radical (unpaired) electrons. The van der Waals surface area contributed by atoms with E-state index in [0.717, 1.165) is 17.7 Å². The normalized spacial score (nSPS) is 15.1. The largest absolute Gasteiger partial charge is 0.493 e. The molecule has 5 nitrogen and oxygen atoms in total. The van der Waals surface area contributed by atoms with Crippen LogP contribution in [0, 0.1) is 0 Å². The minimum absolute atomic E-state index is 0.292. The third-order valence-corrected chi connectivity index (χ3v) is 4.84. The molecule has 0 amide bonds. The minimum Gasteiger partial charge on any atom is -0.493 e. The van der Waals surface area contributed by atoms with Crippen molar-refractivity contribution in [3.63, 3.8) is 0 Å². The van der Waals surface area contributed by atoms with Gasteiger partial charge >= 0.3 is 0 Å². The molecule has 0 spiro atoms. The lowest BCUT2D eigenvalue weighted by molar-refractivity contribution is 0.313. The molecule has 0 saturated heterocycles. The fraction of sp³-hybridized carbons (Fsp3) is 0.600. The van der Waals surface area contributed by atoms with Crippen LogP contribution in [0.25, 0.3) is 0 Å². The average Bonchev–Trinajstić information content (AvgIpc) is 3.27. The number of hydrogen-bond donors (Lipinski definition) is 2. The molecule has 0 atom stereocenters. The van der Waals surface area contributed by atoms with Gasteiger partial charge in [0, 0.05) is 24.7 Å². The lowest BCUT2D eigenvalue weighted by Gasteiger charge is -2.14. The molecule has 0 aromatic heterocycles. The molecule has 118 valence electrons. The standard InChI is InChI=1S/C15H24N2O3S/c1-3-9-20-15-8-7-14(21(18,19)17-4-2)10-12(15)11-16-13-5-6-13/h7-8,10,13,16-17H,3-6,9,11H2,1-2H3. The van der Waals surface area contributed by atoms with E-state index in [2.05, 4.69) is 10.0 Å². The van der Waals surface area contributed by atoms with Crippen LogP contribution in [0.15, 0.2) is 23.1 Å². The number of benzene rings is 1. The van der Waals surface area contributed by atoms with Gasteiger partial charge in [0.05, 0.1) is 11.5 Å². The van der Waals surface area contributed by atoms with Gasteiger partial charge in [0.1, 0.15) is 5.75 Å². The molecule has 0 unspecified atom stereocenters. The quantitative estimate of drug-likeness (QED) is 0.732. The third kappa shape index (κ3) is 4.69. The minimum atomic E-state index is -3.43. The van der Waals surface area contributed by atoms with E-state index in [9.17, 15) is 8.42 Å². The number of sulfonamides is 1. The second-order valence-electron chi connectivity index (χ2n) is 5.27. The maximum atomic E-state index is 12.1. The molecule has 21 heavy (non-hydrogen) atoms. The van der Waals surface area contributed by atoms with Crippen molar-refractivity contribution in [2.24, 2.45) is 0 Å². The molecule has 1 aromatic carbocycles. The van der Waals surface area contributed by atoms with Gasteiger partial charge in [0.2, 0.25) is 10.0 Å². The number of hydrogen-bond acceptors (Lipinski definition) is 4. The second kappa shape index (κ2) is 7.24. The predicted molar refractivity (Wildman–Crippen MR) is 83.0 cm³/mol. The highest BCUT2D eigenvalue weighted by atomic mass is 32.2. The lowest BCUT2D eigenvalue weighted by Crippen LogP contribution is -2.23. The zero-order valence-corrected chi connectivity index (χ0v) is 13.5. The van der Waals surface area contributed by atoms with Gasteiger partial charge in [-0.3, -0.25) is 0 Å². The molecular formula is C15H24N2O3S. The van der Waals surface area contributed by atoms with Gasteiger partial charge in [-0.2, -0.15) is 0 Å². The van der Waals surface area contributed by atoms with Crippen LogP contribution >= 0.6 is 0 Å². The fourth-order valence-corrected chi connectivity index (χ4v) is 3.12. The highest BCUT2D eigenvalue weighted by Crippen LogP contribution is 2.25. The summed E-state index contributed by atoms with van der Waals surface area (Å²) in [6.45, 7) is 5.47. The van der Waals surface area contributed by atoms with Crippen molar-refractivity contribution in [3.05, 3.63) is 23.8 Å². The topological polar surface area (TPSA) is 67.4 Å². The first kappa shape index (κ1) is 16.3. The zero-order chi connectivity index (χ0) is 15.3. The molecule has 1 fully saturated rings. The van der Waals surface area contributed by atoms with Gasteiger partial charge in [-0.1, -0.05) is 13.8 Å². The van der Waals surface area contributed by atoms with Gasteiger partial charge in [0.15, 0.2) is 0 Å². The first-order valence-corrected chi connectivity index (χ1v) is 9.04. The predicted octanol–water partition coefficient (Wildman–Crippen LogP) is 2.03. The average molecular weight is 312 g/mol. The Labute approximate surface area is 127 Å². The molecule has 0 aliphatic heterocycles. The summed E-state index contributed by atoms with van der Waals surface area (Å²) in [5.41, 5.74) is 0.898. The van der Waals surface area contributed by atoms with Crippen LogP contribution in [0.5, 0.6) is 5.75 Å². The third-order valence-electron chi connectivity index (χ3n) is 3.30. The Morgan fingerprint density at radius 3 is 2.67 bits per heavy atom. The SMILES string of the molecule is CCCOc1ccc(S(=O)(=O)NCC)cc1CNC1CC1. The zero-order valence-electron chi connectivity index (χ0n) is 12.7. The van der Waals surface area contributed by atoms with E-state index >= 15 is 0 Å². The van der Waals surface area contributed by atoms with Crippen LogP contribution in [0.1, 0.15) is 38.7 Å². The van der Waals surface area contributed by atoms with E-state index < -0.39 is 10.0 Å². The smallest absolute Gasteiger partial charge is 0.240 e. The molecule has 6 heteroatoms. The van der Waals surface area contributed by atoms with Gasteiger partial charge in [-0.15, -0.1) is 0 Å². The molecule has 0 heterocycles. The number of nitrogens with one attached hydrogen (secondary N) is 2. The molecule has 2 rings (SSSR count). The van der Waals surface area contributed by atoms with Gasteiger partial charge in [-0.05, 0) is 37.5 Å². The Kier molecular flexibility index (Phi) is 5.61. The van der Waals surface area contributed by atoms with Crippen molar-refractivity contribution in [3.8, 4) is 5.75 Å². The van der Waals surface area contributed by atoms with E-state index in [-0.39, 0.29) is 0 Å². The molecule has 1 aromatic rings. The van der Waals surface area contributed by atoms with Gasteiger partial charge in [0.25, 0.3) is 0 Å². The number of rotatable bonds is 9. The summed E-state index contributed by atoms with van der Waals surface area (Å²) < 4.78 is 32.4. The van der Waals surface area contributed by atoms with Crippen molar-refractivity contribution in [2.45, 2.75) is 50.6 Å². The highest BCUT2D eigenvalue weighted by Gasteiger charge is 2.21. The van der Waals surface area contributed by atoms with Crippen LogP contribution in [0.2, 0.25) is 0 Å². The fourth-order valence-electron chi connectivity index (χ4n) is 2.03. The van der Waals surface area contributed by atoms with Crippen molar-refractivity contribution < 1.29 is 13.2 Å². The summed E-state index contributed by atoms with van der Waals surface area (Å²) in [6.07, 6.45) is 3.31. The summed E-state index contributed by atoms with van der Waals surface area (Å²) >= 11 is 0. The van der Waals surface area contributed by atoms with Crippen LogP contribution in [0.3, 0.4) is 0 Å². The van der Waals surface area contributed by atoms with E-state index in [1.165, 1.54) is 12.8 Å². The van der Waals surface area contributed by atoms with Crippen LogP contribution in [0.4, 0.5) is 0 Å². The lowest BCUT2D eigenvalue weighted by atomic mass is 10.2. The molecular weight excluding hydrogens is 288 g/mol. The Balaban J connectivity index is 2.21. The van der Waals surface area contributed by atoms with Gasteiger partial charge < -0.3 is 10.1 Å². The Morgan fingerprint density at radius 1 is 1.29 bits per heavy atom. The summed E-state index contributed by atoms with van der Waals surface area (Å²) in [6, 6.07) is 5.63. The van der Waals surface area contributed by atoms with Crippen LogP contribution < -0.4 is 14.8 Å². The van der Waals surface area contributed by atoms with E-state index in [4.69, 9.17) is 4.74 Å². The maximum Gasteiger partial charge on any atom is 0.240 e. The number of ether oxygens (including phenoxy) is 1. The van der Waals surface area contributed by atoms with Crippen molar-refractivity contribution in [1.29, 1.82) is 0 Å². The van der Waals surface area contributed by atoms with Crippen molar-refractivity contribution >= 4 is 10.0 Å². The first-order chi connectivity index (χ1) is 10.1. The highest BCUT2D eigenvalue weighted by molar-refractivity contribution is 7.89. The van der Waals surface area contributed by atoms with E-state index in [0.29, 0.717) is 30.6 Å². The van der Waals surface area contributed by atoms with E-state index in [1.807, 2.05) is 6.92 Å². The first-order valence-electron chi connectivity index (χ1n) is 7.55. The summed E-state index contributed by atoms with van der Waals surface area (Å²) in [4.78, 5) is 0.292. The summed E-state index contributed by atoms with van der Waals surface area (Å²) in [7, 11) is -3.43. The maximum absolute atomic E-state index is 12.1. The van der Waals surface area contributed by atoms with Crippen molar-refractivity contribution in [2.75, 3.05) is 13.2 Å². The van der Waals surface area contributed by atoms with Crippen LogP contribution in [-0.2, 0) is 16.6 Å². The Bertz CT molecular complexity index is 568.